The van der Waals surface area contributed by atoms with Gasteiger partial charge in [-0.05, 0) is 53.7 Å². The van der Waals surface area contributed by atoms with Crippen molar-refractivity contribution in [1.82, 2.24) is 20.2 Å². The number of methoxy groups -OCH3 is 1. The molecule has 0 amide bonds. The third-order valence-electron chi connectivity index (χ3n) is 3.75. The molecule has 3 rings (SSSR count). The molecule has 1 aromatic heterocycles. The quantitative estimate of drug-likeness (QED) is 0.495. The van der Waals surface area contributed by atoms with E-state index in [9.17, 15) is 9.59 Å². The SMILES string of the molecule is COc1ccc(C(=O)[C@@H](C)OC(=O)c2ccccc2-n2cnnn2)cc1. The summed E-state index contributed by atoms with van der Waals surface area (Å²) in [6, 6.07) is 13.3. The first-order chi connectivity index (χ1) is 12.6. The van der Waals surface area contributed by atoms with Gasteiger partial charge in [0, 0.05) is 5.56 Å². The molecule has 1 atom stereocenters. The molecule has 0 spiro atoms. The number of aromatic nitrogens is 4. The predicted octanol–water partition coefficient (Wildman–Crippen LogP) is 2.10. The van der Waals surface area contributed by atoms with Gasteiger partial charge in [0.2, 0.25) is 5.78 Å². The zero-order valence-corrected chi connectivity index (χ0v) is 14.2. The summed E-state index contributed by atoms with van der Waals surface area (Å²) in [7, 11) is 1.54. The van der Waals surface area contributed by atoms with Gasteiger partial charge >= 0.3 is 5.97 Å². The van der Waals surface area contributed by atoms with Gasteiger partial charge in [0.05, 0.1) is 18.4 Å². The molecule has 0 radical (unpaired) electrons. The Balaban J connectivity index is 1.76. The Hall–Kier alpha value is -3.55. The van der Waals surface area contributed by atoms with Crippen molar-refractivity contribution in [1.29, 1.82) is 0 Å². The Morgan fingerprint density at radius 3 is 2.46 bits per heavy atom. The number of benzene rings is 2. The highest BCUT2D eigenvalue weighted by atomic mass is 16.5. The number of rotatable bonds is 6. The van der Waals surface area contributed by atoms with E-state index < -0.39 is 12.1 Å². The van der Waals surface area contributed by atoms with Gasteiger partial charge < -0.3 is 9.47 Å². The first-order valence-electron chi connectivity index (χ1n) is 7.82. The Bertz CT molecular complexity index is 907. The molecule has 0 aliphatic heterocycles. The van der Waals surface area contributed by atoms with Gasteiger partial charge in [-0.15, -0.1) is 5.10 Å². The van der Waals surface area contributed by atoms with Crippen LogP contribution in [0.2, 0.25) is 0 Å². The maximum atomic E-state index is 12.5. The summed E-state index contributed by atoms with van der Waals surface area (Å²) in [5.74, 6) is -0.298. The van der Waals surface area contributed by atoms with Crippen LogP contribution in [0, 0.1) is 0 Å². The fraction of sp³-hybridized carbons (Fsp3) is 0.167. The fourth-order valence-corrected chi connectivity index (χ4v) is 2.39. The van der Waals surface area contributed by atoms with Crippen molar-refractivity contribution in [2.24, 2.45) is 0 Å². The highest BCUT2D eigenvalue weighted by Crippen LogP contribution is 2.17. The van der Waals surface area contributed by atoms with Gasteiger partial charge in [-0.2, -0.15) is 4.68 Å². The summed E-state index contributed by atoms with van der Waals surface area (Å²) in [5.41, 5.74) is 1.15. The molecule has 1 heterocycles. The third kappa shape index (κ3) is 3.59. The number of ketones is 1. The van der Waals surface area contributed by atoms with E-state index >= 15 is 0 Å². The number of esters is 1. The Labute approximate surface area is 149 Å². The number of tetrazole rings is 1. The zero-order valence-electron chi connectivity index (χ0n) is 14.2. The molecule has 0 N–H and O–H groups in total. The Morgan fingerprint density at radius 1 is 1.08 bits per heavy atom. The molecular formula is C18H16N4O4. The molecule has 8 nitrogen and oxygen atoms in total. The van der Waals surface area contributed by atoms with Gasteiger partial charge in [0.25, 0.3) is 0 Å². The smallest absolute Gasteiger partial charge is 0.341 e. The maximum absolute atomic E-state index is 12.5. The molecule has 0 unspecified atom stereocenters. The van der Waals surface area contributed by atoms with Gasteiger partial charge in [-0.25, -0.2) is 4.79 Å². The molecule has 0 saturated carbocycles. The summed E-state index contributed by atoms with van der Waals surface area (Å²) < 4.78 is 11.8. The van der Waals surface area contributed by atoms with Crippen molar-refractivity contribution in [2.75, 3.05) is 7.11 Å². The number of hydrogen-bond donors (Lipinski definition) is 0. The lowest BCUT2D eigenvalue weighted by Gasteiger charge is -2.14. The number of Topliss-reactive ketones (excluding diaryl/α,β-unsaturated/α-hetero) is 1. The van der Waals surface area contributed by atoms with E-state index in [4.69, 9.17) is 9.47 Å². The van der Waals surface area contributed by atoms with Gasteiger partial charge in [-0.3, -0.25) is 4.79 Å². The minimum Gasteiger partial charge on any atom is -0.497 e. The van der Waals surface area contributed by atoms with Crippen LogP contribution in [-0.4, -0.2) is 45.2 Å². The minimum atomic E-state index is -0.946. The fourth-order valence-electron chi connectivity index (χ4n) is 2.39. The lowest BCUT2D eigenvalue weighted by Crippen LogP contribution is -2.25. The highest BCUT2D eigenvalue weighted by molar-refractivity contribution is 6.02. The Morgan fingerprint density at radius 2 is 1.81 bits per heavy atom. The second-order valence-corrected chi connectivity index (χ2v) is 5.41. The van der Waals surface area contributed by atoms with E-state index in [0.29, 0.717) is 17.0 Å². The molecule has 8 heteroatoms. The van der Waals surface area contributed by atoms with Crippen molar-refractivity contribution >= 4 is 11.8 Å². The standard InChI is InChI=1S/C18H16N4O4/c1-12(17(23)13-7-9-14(25-2)10-8-13)26-18(24)15-5-3-4-6-16(15)22-11-19-20-21-22/h3-12H,1-2H3/t12-/m1/s1. The number of hydrogen-bond acceptors (Lipinski definition) is 7. The van der Waals surface area contributed by atoms with E-state index in [1.165, 1.54) is 17.9 Å². The van der Waals surface area contributed by atoms with Gasteiger partial charge in [0.1, 0.15) is 12.1 Å². The lowest BCUT2D eigenvalue weighted by atomic mass is 10.1. The van der Waals surface area contributed by atoms with Crippen LogP contribution < -0.4 is 4.74 Å². The Kier molecular flexibility index (Phi) is 5.02. The topological polar surface area (TPSA) is 96.2 Å². The van der Waals surface area contributed by atoms with E-state index in [-0.39, 0.29) is 11.3 Å². The van der Waals surface area contributed by atoms with Crippen molar-refractivity contribution in [2.45, 2.75) is 13.0 Å². The molecule has 0 aliphatic rings. The maximum Gasteiger partial charge on any atom is 0.341 e. The first kappa shape index (κ1) is 17.3. The van der Waals surface area contributed by atoms with Crippen LogP contribution in [0.3, 0.4) is 0 Å². The van der Waals surface area contributed by atoms with E-state index in [1.54, 1.807) is 55.6 Å². The summed E-state index contributed by atoms with van der Waals surface area (Å²) in [5, 5.41) is 10.9. The third-order valence-corrected chi connectivity index (χ3v) is 3.75. The zero-order chi connectivity index (χ0) is 18.5. The van der Waals surface area contributed by atoms with Crippen molar-refractivity contribution < 1.29 is 19.1 Å². The molecule has 0 fully saturated rings. The largest absolute Gasteiger partial charge is 0.497 e. The number of carbonyl (C=O) groups excluding carboxylic acids is 2. The molecule has 2 aromatic carbocycles. The van der Waals surface area contributed by atoms with Crippen LogP contribution in [-0.2, 0) is 4.74 Å². The van der Waals surface area contributed by atoms with Crippen molar-refractivity contribution in [3.8, 4) is 11.4 Å². The molecule has 132 valence electrons. The molecule has 0 saturated heterocycles. The normalized spacial score (nSPS) is 11.6. The monoisotopic (exact) mass is 352 g/mol. The van der Waals surface area contributed by atoms with Crippen LogP contribution in [0.1, 0.15) is 27.6 Å². The minimum absolute atomic E-state index is 0.259. The predicted molar refractivity (Wildman–Crippen MR) is 91.4 cm³/mol. The average molecular weight is 352 g/mol. The highest BCUT2D eigenvalue weighted by Gasteiger charge is 2.22. The van der Waals surface area contributed by atoms with Crippen molar-refractivity contribution in [3.63, 3.8) is 0 Å². The summed E-state index contributed by atoms with van der Waals surface area (Å²) in [6.07, 6.45) is 0.427. The van der Waals surface area contributed by atoms with Gasteiger partial charge in [-0.1, -0.05) is 12.1 Å². The molecule has 26 heavy (non-hydrogen) atoms. The van der Waals surface area contributed by atoms with Crippen molar-refractivity contribution in [3.05, 3.63) is 66.0 Å². The van der Waals surface area contributed by atoms with Crippen LogP contribution >= 0.6 is 0 Å². The molecule has 3 aromatic rings. The van der Waals surface area contributed by atoms with Gasteiger partial charge in [0.15, 0.2) is 6.10 Å². The number of carbonyl (C=O) groups is 2. The lowest BCUT2D eigenvalue weighted by molar-refractivity contribution is 0.0318. The van der Waals surface area contributed by atoms with E-state index in [1.807, 2.05) is 0 Å². The average Bonchev–Trinajstić information content (AvgIpc) is 3.22. The molecule has 0 aliphatic carbocycles. The van der Waals surface area contributed by atoms with E-state index in [0.717, 1.165) is 0 Å². The number of ether oxygens (including phenoxy) is 2. The number of nitrogens with zero attached hydrogens (tertiary/aromatic N) is 4. The van der Waals surface area contributed by atoms with E-state index in [2.05, 4.69) is 15.5 Å². The number of para-hydroxylation sites is 1. The van der Waals surface area contributed by atoms with Crippen LogP contribution in [0.4, 0.5) is 0 Å². The second kappa shape index (κ2) is 7.56. The van der Waals surface area contributed by atoms with Crippen LogP contribution in [0.15, 0.2) is 54.9 Å². The second-order valence-electron chi connectivity index (χ2n) is 5.41. The van der Waals surface area contributed by atoms with Crippen LogP contribution in [0.25, 0.3) is 5.69 Å². The first-order valence-corrected chi connectivity index (χ1v) is 7.82. The summed E-state index contributed by atoms with van der Waals surface area (Å²) in [4.78, 5) is 25.0. The molecular weight excluding hydrogens is 336 g/mol. The summed E-state index contributed by atoms with van der Waals surface area (Å²) >= 11 is 0. The van der Waals surface area contributed by atoms with Crippen LogP contribution in [0.5, 0.6) is 5.75 Å². The molecule has 0 bridgehead atoms. The summed E-state index contributed by atoms with van der Waals surface area (Å²) in [6.45, 7) is 1.53.